The molecule has 0 bridgehead atoms. The van der Waals surface area contributed by atoms with E-state index in [1.54, 1.807) is 6.20 Å². The number of hydrogen-bond donors (Lipinski definition) is 0. The third kappa shape index (κ3) is 5.85. The van der Waals surface area contributed by atoms with Gasteiger partial charge in [0.15, 0.2) is 5.82 Å². The summed E-state index contributed by atoms with van der Waals surface area (Å²) >= 11 is 0. The molecule has 1 aliphatic carbocycles. The van der Waals surface area contributed by atoms with Crippen LogP contribution >= 0.6 is 0 Å². The minimum atomic E-state index is -0.0820. The lowest BCUT2D eigenvalue weighted by Crippen LogP contribution is -2.14. The maximum Gasteiger partial charge on any atom is 0.161 e. The predicted molar refractivity (Wildman–Crippen MR) is 245 cm³/mol. The second-order valence-corrected chi connectivity index (χ2v) is 16.0. The molecule has 8 aromatic carbocycles. The first-order valence-corrected chi connectivity index (χ1v) is 20.3. The predicted octanol–water partition coefficient (Wildman–Crippen LogP) is 14.5. The molecule has 0 fully saturated rings. The lowest BCUT2D eigenvalue weighted by Gasteiger charge is -2.21. The second-order valence-electron chi connectivity index (χ2n) is 16.0. The molecule has 59 heavy (non-hydrogen) atoms. The molecule has 2 heterocycles. The Kier molecular flexibility index (Phi) is 8.16. The highest BCUT2D eigenvalue weighted by Gasteiger charge is 2.37. The lowest BCUT2D eigenvalue weighted by atomic mass is 9.81. The molecule has 3 heteroatoms. The molecule has 0 spiro atoms. The van der Waals surface area contributed by atoms with Crippen LogP contribution < -0.4 is 0 Å². The Morgan fingerprint density at radius 2 is 0.949 bits per heavy atom. The highest BCUT2D eigenvalue weighted by Crippen LogP contribution is 2.54. The van der Waals surface area contributed by atoms with E-state index in [-0.39, 0.29) is 5.41 Å². The maximum absolute atomic E-state index is 5.25. The minimum absolute atomic E-state index is 0.0820. The molecule has 0 aliphatic heterocycles. The Morgan fingerprint density at radius 3 is 1.68 bits per heavy atom. The van der Waals surface area contributed by atoms with Crippen molar-refractivity contribution in [2.45, 2.75) is 19.3 Å². The summed E-state index contributed by atoms with van der Waals surface area (Å²) in [6.45, 7) is 4.72. The topological polar surface area (TPSA) is 38.7 Å². The average molecular weight is 754 g/mol. The highest BCUT2D eigenvalue weighted by atomic mass is 14.9. The van der Waals surface area contributed by atoms with Crippen molar-refractivity contribution in [1.82, 2.24) is 15.0 Å². The molecule has 0 N–H and O–H groups in total. The van der Waals surface area contributed by atoms with Gasteiger partial charge in [-0.2, -0.15) is 0 Å². The van der Waals surface area contributed by atoms with Crippen LogP contribution in [-0.4, -0.2) is 15.0 Å². The number of fused-ring (bicyclic) bond motifs is 6. The molecule has 278 valence electrons. The number of hydrogen-bond acceptors (Lipinski definition) is 3. The normalized spacial score (nSPS) is 12.7. The van der Waals surface area contributed by atoms with E-state index in [2.05, 4.69) is 195 Å². The summed E-state index contributed by atoms with van der Waals surface area (Å²) in [6.07, 6.45) is 3.69. The van der Waals surface area contributed by atoms with E-state index in [1.807, 2.05) is 18.3 Å². The first kappa shape index (κ1) is 34.7. The van der Waals surface area contributed by atoms with Crippen molar-refractivity contribution in [3.8, 4) is 78.4 Å². The largest absolute Gasteiger partial charge is 0.264 e. The van der Waals surface area contributed by atoms with Gasteiger partial charge in [-0.3, -0.25) is 4.98 Å². The van der Waals surface area contributed by atoms with Crippen LogP contribution in [0.2, 0.25) is 0 Å². The third-order valence-electron chi connectivity index (χ3n) is 12.2. The van der Waals surface area contributed by atoms with Crippen LogP contribution in [0.1, 0.15) is 25.0 Å². The van der Waals surface area contributed by atoms with Gasteiger partial charge in [-0.1, -0.05) is 184 Å². The summed E-state index contributed by atoms with van der Waals surface area (Å²) in [4.78, 5) is 14.8. The number of aromatic nitrogens is 3. The fourth-order valence-electron chi connectivity index (χ4n) is 9.20. The van der Waals surface area contributed by atoms with Crippen LogP contribution in [-0.2, 0) is 5.41 Å². The van der Waals surface area contributed by atoms with E-state index in [0.717, 1.165) is 50.0 Å². The number of nitrogens with zero attached hydrogens (tertiary/aromatic N) is 3. The summed E-state index contributed by atoms with van der Waals surface area (Å²) in [5.41, 5.74) is 17.3. The Labute approximate surface area is 344 Å². The molecule has 1 aliphatic rings. The van der Waals surface area contributed by atoms with Gasteiger partial charge in [-0.25, -0.2) is 9.97 Å². The van der Waals surface area contributed by atoms with Crippen molar-refractivity contribution in [2.24, 2.45) is 0 Å². The van der Waals surface area contributed by atoms with Crippen LogP contribution in [0, 0.1) is 0 Å². The summed E-state index contributed by atoms with van der Waals surface area (Å²) in [5, 5.41) is 4.87. The number of rotatable bonds is 6. The van der Waals surface area contributed by atoms with Crippen LogP contribution in [0.3, 0.4) is 0 Å². The van der Waals surface area contributed by atoms with Gasteiger partial charge in [0.1, 0.15) is 0 Å². The molecule has 0 amide bonds. The van der Waals surface area contributed by atoms with Crippen molar-refractivity contribution >= 4 is 21.5 Å². The molecule has 0 radical (unpaired) electrons. The highest BCUT2D eigenvalue weighted by molar-refractivity contribution is 6.07. The molecule has 0 saturated carbocycles. The molecule has 0 unspecified atom stereocenters. The van der Waals surface area contributed by atoms with Crippen LogP contribution in [0.5, 0.6) is 0 Å². The van der Waals surface area contributed by atoms with Gasteiger partial charge < -0.3 is 0 Å². The van der Waals surface area contributed by atoms with Gasteiger partial charge >= 0.3 is 0 Å². The monoisotopic (exact) mass is 753 g/mol. The quantitative estimate of drug-likeness (QED) is 0.170. The van der Waals surface area contributed by atoms with E-state index in [0.29, 0.717) is 5.82 Å². The zero-order valence-corrected chi connectivity index (χ0v) is 32.9. The molecular weight excluding hydrogens is 715 g/mol. The summed E-state index contributed by atoms with van der Waals surface area (Å²) in [7, 11) is 0. The molecule has 3 nitrogen and oxygen atoms in total. The van der Waals surface area contributed by atoms with Crippen molar-refractivity contribution in [3.05, 3.63) is 212 Å². The number of pyridine rings is 1. The van der Waals surface area contributed by atoms with E-state index >= 15 is 0 Å². The van der Waals surface area contributed by atoms with Crippen LogP contribution in [0.15, 0.2) is 200 Å². The summed E-state index contributed by atoms with van der Waals surface area (Å²) in [5.74, 6) is 0.699. The Balaban J connectivity index is 0.999. The second kappa shape index (κ2) is 13.9. The van der Waals surface area contributed by atoms with Gasteiger partial charge in [0.05, 0.1) is 11.4 Å². The zero-order valence-electron chi connectivity index (χ0n) is 32.9. The molecule has 10 aromatic rings. The van der Waals surface area contributed by atoms with Gasteiger partial charge in [0, 0.05) is 34.5 Å². The van der Waals surface area contributed by atoms with Gasteiger partial charge in [0.2, 0.25) is 0 Å². The van der Waals surface area contributed by atoms with E-state index < -0.39 is 0 Å². The Morgan fingerprint density at radius 1 is 0.373 bits per heavy atom. The third-order valence-corrected chi connectivity index (χ3v) is 12.2. The first-order valence-electron chi connectivity index (χ1n) is 20.3. The smallest absolute Gasteiger partial charge is 0.161 e. The molecule has 0 saturated heterocycles. The molecule has 11 rings (SSSR count). The van der Waals surface area contributed by atoms with E-state index in [9.17, 15) is 0 Å². The molecule has 0 atom stereocenters. The minimum Gasteiger partial charge on any atom is -0.264 e. The SMILES string of the molecule is CC1(C)c2cccc(-c3ccc(-c4ccc(-c5nc(-c6ccccc6)cc(-c6ccc(-c7cccnc7)cc6)n5)c5ccccc45)cc3)c2-c2c1ccc1ccccc21. The first-order chi connectivity index (χ1) is 29.0. The molecular formula is C56H39N3. The van der Waals surface area contributed by atoms with Crippen molar-refractivity contribution in [1.29, 1.82) is 0 Å². The fourth-order valence-corrected chi connectivity index (χ4v) is 9.20. The Bertz CT molecular complexity index is 3200. The van der Waals surface area contributed by atoms with E-state index in [1.165, 1.54) is 55.3 Å². The number of benzene rings is 8. The average Bonchev–Trinajstić information content (AvgIpc) is 3.55. The van der Waals surface area contributed by atoms with Gasteiger partial charge in [0.25, 0.3) is 0 Å². The van der Waals surface area contributed by atoms with Gasteiger partial charge in [-0.05, 0) is 95.4 Å². The lowest BCUT2D eigenvalue weighted by molar-refractivity contribution is 0.661. The van der Waals surface area contributed by atoms with E-state index in [4.69, 9.17) is 9.97 Å². The zero-order chi connectivity index (χ0) is 39.5. The van der Waals surface area contributed by atoms with Crippen LogP contribution in [0.4, 0.5) is 0 Å². The van der Waals surface area contributed by atoms with Crippen molar-refractivity contribution in [2.75, 3.05) is 0 Å². The summed E-state index contributed by atoms with van der Waals surface area (Å²) in [6, 6.07) is 67.5. The van der Waals surface area contributed by atoms with Crippen molar-refractivity contribution in [3.63, 3.8) is 0 Å². The molecule has 2 aromatic heterocycles. The van der Waals surface area contributed by atoms with Crippen LogP contribution in [0.25, 0.3) is 100.0 Å². The van der Waals surface area contributed by atoms with Gasteiger partial charge in [-0.15, -0.1) is 0 Å². The summed E-state index contributed by atoms with van der Waals surface area (Å²) < 4.78 is 0. The maximum atomic E-state index is 5.25. The Hall–Kier alpha value is -7.49. The van der Waals surface area contributed by atoms with Crippen molar-refractivity contribution < 1.29 is 0 Å². The fraction of sp³-hybridized carbons (Fsp3) is 0.0536. The standard InChI is InChI=1S/C56H39N3/c1-56(2)49-20-10-19-45(53(49)54-44-16-7-6-12-37(44)29-32-50(54)56)39-25-23-38(24-26-39)43-30-31-48(47-18-9-8-17-46(43)47)55-58-51(40-13-4-3-5-14-40)34-52(59-55)41-27-21-36(22-28-41)42-15-11-33-57-35-42/h3-35H,1-2H3.